The molecule has 12 heavy (non-hydrogen) atoms. The monoisotopic (exact) mass is 187 g/mol. The van der Waals surface area contributed by atoms with E-state index in [2.05, 4.69) is 10.2 Å². The molecule has 2 N–H and O–H groups in total. The van der Waals surface area contributed by atoms with E-state index in [1.165, 1.54) is 11.8 Å². The van der Waals surface area contributed by atoms with Crippen LogP contribution in [0.5, 0.6) is 0 Å². The number of nitrogens with two attached hydrogens (primary N) is 1. The third-order valence-electron chi connectivity index (χ3n) is 1.60. The predicted molar refractivity (Wildman–Crippen MR) is 47.8 cm³/mol. The fourth-order valence-corrected chi connectivity index (χ4v) is 1.01. The van der Waals surface area contributed by atoms with E-state index in [1.807, 2.05) is 20.1 Å². The minimum Gasteiger partial charge on any atom is -0.414 e. The van der Waals surface area contributed by atoms with Gasteiger partial charge in [0.05, 0.1) is 6.04 Å². The topological polar surface area (TPSA) is 64.9 Å². The van der Waals surface area contributed by atoms with Gasteiger partial charge in [0.2, 0.25) is 5.89 Å². The first-order valence-electron chi connectivity index (χ1n) is 3.78. The van der Waals surface area contributed by atoms with Crippen molar-refractivity contribution in [3.8, 4) is 0 Å². The van der Waals surface area contributed by atoms with Crippen molar-refractivity contribution < 1.29 is 4.42 Å². The maximum atomic E-state index is 5.80. The van der Waals surface area contributed by atoms with Crippen molar-refractivity contribution in [1.29, 1.82) is 0 Å². The lowest BCUT2D eigenvalue weighted by atomic mass is 10.1. The third kappa shape index (κ3) is 1.98. The molecular weight excluding hydrogens is 174 g/mol. The molecule has 0 radical (unpaired) electrons. The maximum Gasteiger partial charge on any atom is 0.276 e. The minimum atomic E-state index is -0.154. The van der Waals surface area contributed by atoms with Crippen LogP contribution in [0.4, 0.5) is 0 Å². The van der Waals surface area contributed by atoms with E-state index in [1.54, 1.807) is 0 Å². The van der Waals surface area contributed by atoms with Crippen LogP contribution in [0, 0.1) is 5.92 Å². The molecule has 1 atom stereocenters. The van der Waals surface area contributed by atoms with Crippen LogP contribution in [-0.2, 0) is 0 Å². The summed E-state index contributed by atoms with van der Waals surface area (Å²) in [5.74, 6) is 0.842. The maximum absolute atomic E-state index is 5.80. The third-order valence-corrected chi connectivity index (χ3v) is 2.11. The summed E-state index contributed by atoms with van der Waals surface area (Å²) in [6.07, 6.45) is 1.89. The molecule has 0 amide bonds. The molecule has 1 aromatic rings. The molecule has 0 spiro atoms. The van der Waals surface area contributed by atoms with Gasteiger partial charge in [-0.3, -0.25) is 0 Å². The van der Waals surface area contributed by atoms with Crippen molar-refractivity contribution in [2.45, 2.75) is 25.1 Å². The van der Waals surface area contributed by atoms with Gasteiger partial charge in [-0.05, 0) is 12.2 Å². The molecule has 0 aliphatic carbocycles. The van der Waals surface area contributed by atoms with E-state index in [4.69, 9.17) is 10.2 Å². The van der Waals surface area contributed by atoms with Crippen molar-refractivity contribution in [3.05, 3.63) is 5.89 Å². The van der Waals surface area contributed by atoms with Crippen molar-refractivity contribution in [3.63, 3.8) is 0 Å². The summed E-state index contributed by atoms with van der Waals surface area (Å²) >= 11 is 1.42. The van der Waals surface area contributed by atoms with Crippen molar-refractivity contribution in [1.82, 2.24) is 10.2 Å². The second kappa shape index (κ2) is 3.91. The van der Waals surface area contributed by atoms with Crippen LogP contribution in [0.15, 0.2) is 9.64 Å². The summed E-state index contributed by atoms with van der Waals surface area (Å²) in [4.78, 5) is 0. The molecular formula is C7H13N3OS. The van der Waals surface area contributed by atoms with Gasteiger partial charge in [-0.15, -0.1) is 10.2 Å². The van der Waals surface area contributed by atoms with E-state index in [-0.39, 0.29) is 6.04 Å². The van der Waals surface area contributed by atoms with Gasteiger partial charge in [-0.1, -0.05) is 25.6 Å². The van der Waals surface area contributed by atoms with Gasteiger partial charge in [-0.25, -0.2) is 0 Å². The second-order valence-corrected chi connectivity index (χ2v) is 3.64. The standard InChI is InChI=1S/C7H13N3OS/c1-4(2)5(8)6-9-10-7(11-6)12-3/h4-5H,8H2,1-3H3/t5-/m1/s1. The van der Waals surface area contributed by atoms with Gasteiger partial charge in [0.25, 0.3) is 5.22 Å². The van der Waals surface area contributed by atoms with Gasteiger partial charge < -0.3 is 10.2 Å². The summed E-state index contributed by atoms with van der Waals surface area (Å²) in [6.45, 7) is 4.04. The lowest BCUT2D eigenvalue weighted by Crippen LogP contribution is -2.16. The van der Waals surface area contributed by atoms with Crippen LogP contribution in [0.1, 0.15) is 25.8 Å². The molecule has 0 aliphatic rings. The number of rotatable bonds is 3. The summed E-state index contributed by atoms with van der Waals surface area (Å²) in [6, 6.07) is -0.154. The minimum absolute atomic E-state index is 0.154. The van der Waals surface area contributed by atoms with Crippen LogP contribution in [0.2, 0.25) is 0 Å². The van der Waals surface area contributed by atoms with Gasteiger partial charge in [0, 0.05) is 0 Å². The van der Waals surface area contributed by atoms with E-state index in [9.17, 15) is 0 Å². The van der Waals surface area contributed by atoms with Gasteiger partial charge in [0.15, 0.2) is 0 Å². The lowest BCUT2D eigenvalue weighted by molar-refractivity contribution is 0.349. The Morgan fingerprint density at radius 3 is 2.50 bits per heavy atom. The molecule has 0 saturated carbocycles. The number of thioether (sulfide) groups is 1. The van der Waals surface area contributed by atoms with Gasteiger partial charge >= 0.3 is 0 Å². The average molecular weight is 187 g/mol. The Balaban J connectivity index is 2.74. The highest BCUT2D eigenvalue weighted by atomic mass is 32.2. The summed E-state index contributed by atoms with van der Waals surface area (Å²) in [5, 5.41) is 8.22. The zero-order chi connectivity index (χ0) is 9.14. The Morgan fingerprint density at radius 1 is 1.42 bits per heavy atom. The number of hydrogen-bond acceptors (Lipinski definition) is 5. The van der Waals surface area contributed by atoms with E-state index < -0.39 is 0 Å². The number of aromatic nitrogens is 2. The Labute approximate surface area is 75.9 Å². The Kier molecular flexibility index (Phi) is 3.11. The molecule has 0 aromatic carbocycles. The van der Waals surface area contributed by atoms with E-state index in [0.717, 1.165) is 0 Å². The Bertz CT molecular complexity index is 249. The first kappa shape index (κ1) is 9.54. The highest BCUT2D eigenvalue weighted by Gasteiger charge is 2.16. The van der Waals surface area contributed by atoms with Crippen LogP contribution >= 0.6 is 11.8 Å². The SMILES string of the molecule is CSc1nnc([C@H](N)C(C)C)o1. The Hall–Kier alpha value is -0.550. The summed E-state index contributed by atoms with van der Waals surface area (Å²) < 4.78 is 5.27. The lowest BCUT2D eigenvalue weighted by Gasteiger charge is -2.09. The first-order chi connectivity index (χ1) is 5.65. The fourth-order valence-electron chi connectivity index (χ4n) is 0.723. The zero-order valence-corrected chi connectivity index (χ0v) is 8.26. The highest BCUT2D eigenvalue weighted by molar-refractivity contribution is 7.98. The number of hydrogen-bond donors (Lipinski definition) is 1. The molecule has 0 saturated heterocycles. The second-order valence-electron chi connectivity index (χ2n) is 2.88. The average Bonchev–Trinajstić information content (AvgIpc) is 2.50. The van der Waals surface area contributed by atoms with Crippen molar-refractivity contribution in [2.75, 3.05) is 6.26 Å². The molecule has 4 nitrogen and oxygen atoms in total. The fraction of sp³-hybridized carbons (Fsp3) is 0.714. The quantitative estimate of drug-likeness (QED) is 0.725. The van der Waals surface area contributed by atoms with Crippen LogP contribution < -0.4 is 5.73 Å². The predicted octanol–water partition coefficient (Wildman–Crippen LogP) is 1.45. The normalized spacial score (nSPS) is 13.8. The first-order valence-corrected chi connectivity index (χ1v) is 5.00. The molecule has 0 fully saturated rings. The Morgan fingerprint density at radius 2 is 2.08 bits per heavy atom. The zero-order valence-electron chi connectivity index (χ0n) is 7.44. The van der Waals surface area contributed by atoms with E-state index in [0.29, 0.717) is 17.0 Å². The van der Waals surface area contributed by atoms with Crippen LogP contribution in [0.25, 0.3) is 0 Å². The van der Waals surface area contributed by atoms with Gasteiger partial charge in [0.1, 0.15) is 0 Å². The summed E-state index contributed by atoms with van der Waals surface area (Å²) in [5.41, 5.74) is 5.80. The number of nitrogens with zero attached hydrogens (tertiary/aromatic N) is 2. The van der Waals surface area contributed by atoms with E-state index >= 15 is 0 Å². The summed E-state index contributed by atoms with van der Waals surface area (Å²) in [7, 11) is 0. The smallest absolute Gasteiger partial charge is 0.276 e. The molecule has 0 bridgehead atoms. The van der Waals surface area contributed by atoms with Crippen LogP contribution in [-0.4, -0.2) is 16.5 Å². The molecule has 1 heterocycles. The van der Waals surface area contributed by atoms with Crippen molar-refractivity contribution >= 4 is 11.8 Å². The van der Waals surface area contributed by atoms with Crippen LogP contribution in [0.3, 0.4) is 0 Å². The molecule has 5 heteroatoms. The van der Waals surface area contributed by atoms with Crippen molar-refractivity contribution in [2.24, 2.45) is 11.7 Å². The molecule has 0 aliphatic heterocycles. The molecule has 68 valence electrons. The molecule has 0 unspecified atom stereocenters. The highest BCUT2D eigenvalue weighted by Crippen LogP contribution is 2.20. The molecule has 1 rings (SSSR count). The molecule has 1 aromatic heterocycles. The largest absolute Gasteiger partial charge is 0.414 e. The van der Waals surface area contributed by atoms with Gasteiger partial charge in [-0.2, -0.15) is 0 Å².